The molecule has 1 fully saturated rings. The molecule has 5 nitrogen and oxygen atoms in total. The number of amides is 1. The summed E-state index contributed by atoms with van der Waals surface area (Å²) in [5.74, 6) is -0.205. The van der Waals surface area contributed by atoms with E-state index in [4.69, 9.17) is 4.74 Å². The number of hydrogen-bond acceptors (Lipinski definition) is 4. The van der Waals surface area contributed by atoms with Crippen LogP contribution in [0.15, 0.2) is 18.2 Å². The summed E-state index contributed by atoms with van der Waals surface area (Å²) in [6.45, 7) is 2.02. The first-order valence-corrected chi connectivity index (χ1v) is 6.35. The Balaban J connectivity index is 1.97. The first-order valence-electron chi connectivity index (χ1n) is 6.35. The SMILES string of the molecule is O=Cc1cccc(C(=O)NCC2CCOCC2)c1O. The van der Waals surface area contributed by atoms with E-state index in [2.05, 4.69) is 5.32 Å². The monoisotopic (exact) mass is 263 g/mol. The van der Waals surface area contributed by atoms with Gasteiger partial charge in [-0.05, 0) is 30.9 Å². The van der Waals surface area contributed by atoms with Crippen molar-refractivity contribution in [2.75, 3.05) is 19.8 Å². The first-order chi connectivity index (χ1) is 9.22. The summed E-state index contributed by atoms with van der Waals surface area (Å²) in [5.41, 5.74) is 0.260. The molecule has 1 amide bonds. The molecule has 0 aromatic heterocycles. The zero-order valence-corrected chi connectivity index (χ0v) is 10.6. The minimum absolute atomic E-state index is 0.124. The van der Waals surface area contributed by atoms with Gasteiger partial charge in [-0.15, -0.1) is 0 Å². The third-order valence-electron chi connectivity index (χ3n) is 3.33. The van der Waals surface area contributed by atoms with Crippen molar-refractivity contribution < 1.29 is 19.4 Å². The molecule has 1 aromatic carbocycles. The second kappa shape index (κ2) is 6.33. The van der Waals surface area contributed by atoms with Crippen molar-refractivity contribution in [2.24, 2.45) is 5.92 Å². The average molecular weight is 263 g/mol. The Morgan fingerprint density at radius 3 is 2.84 bits per heavy atom. The van der Waals surface area contributed by atoms with Crippen LogP contribution in [0.3, 0.4) is 0 Å². The molecule has 1 saturated heterocycles. The van der Waals surface area contributed by atoms with E-state index in [0.717, 1.165) is 26.1 Å². The Labute approximate surface area is 111 Å². The predicted molar refractivity (Wildman–Crippen MR) is 69.4 cm³/mol. The van der Waals surface area contributed by atoms with E-state index in [-0.39, 0.29) is 22.8 Å². The van der Waals surface area contributed by atoms with E-state index in [0.29, 0.717) is 18.7 Å². The molecule has 0 spiro atoms. The lowest BCUT2D eigenvalue weighted by molar-refractivity contribution is 0.0642. The quantitative estimate of drug-likeness (QED) is 0.804. The van der Waals surface area contributed by atoms with Crippen LogP contribution in [0.4, 0.5) is 0 Å². The molecule has 0 radical (unpaired) electrons. The highest BCUT2D eigenvalue weighted by molar-refractivity contribution is 5.99. The van der Waals surface area contributed by atoms with Crippen LogP contribution in [0, 0.1) is 5.92 Å². The standard InChI is InChI=1S/C14H17NO4/c16-9-11-2-1-3-12(13(11)17)14(18)15-8-10-4-6-19-7-5-10/h1-3,9-10,17H,4-8H2,(H,15,18). The Kier molecular flexibility index (Phi) is 4.52. The molecule has 5 heteroatoms. The van der Waals surface area contributed by atoms with Gasteiger partial charge >= 0.3 is 0 Å². The Morgan fingerprint density at radius 2 is 2.16 bits per heavy atom. The van der Waals surface area contributed by atoms with E-state index >= 15 is 0 Å². The van der Waals surface area contributed by atoms with E-state index < -0.39 is 0 Å². The largest absolute Gasteiger partial charge is 0.506 e. The summed E-state index contributed by atoms with van der Waals surface area (Å²) in [6, 6.07) is 4.55. The first kappa shape index (κ1) is 13.5. The van der Waals surface area contributed by atoms with Crippen LogP contribution in [0.1, 0.15) is 33.6 Å². The van der Waals surface area contributed by atoms with Gasteiger partial charge in [-0.3, -0.25) is 9.59 Å². The van der Waals surface area contributed by atoms with Crippen molar-refractivity contribution in [3.05, 3.63) is 29.3 Å². The fourth-order valence-corrected chi connectivity index (χ4v) is 2.12. The molecule has 102 valence electrons. The minimum atomic E-state index is -0.354. The van der Waals surface area contributed by atoms with Gasteiger partial charge in [0.1, 0.15) is 5.75 Å². The van der Waals surface area contributed by atoms with E-state index in [9.17, 15) is 14.7 Å². The number of para-hydroxylation sites is 1. The molecule has 1 aliphatic rings. The van der Waals surface area contributed by atoms with Gasteiger partial charge in [-0.25, -0.2) is 0 Å². The second-order valence-corrected chi connectivity index (χ2v) is 4.63. The lowest BCUT2D eigenvalue weighted by atomic mass is 10.00. The van der Waals surface area contributed by atoms with Crippen LogP contribution in [-0.4, -0.2) is 37.1 Å². The molecule has 2 N–H and O–H groups in total. The summed E-state index contributed by atoms with van der Waals surface area (Å²) >= 11 is 0. The third kappa shape index (κ3) is 3.32. The fourth-order valence-electron chi connectivity index (χ4n) is 2.12. The topological polar surface area (TPSA) is 75.6 Å². The maximum absolute atomic E-state index is 12.0. The number of carbonyl (C=O) groups is 2. The number of nitrogens with one attached hydrogen (secondary N) is 1. The normalized spacial score (nSPS) is 16.0. The van der Waals surface area contributed by atoms with Crippen molar-refractivity contribution in [1.29, 1.82) is 0 Å². The summed E-state index contributed by atoms with van der Waals surface area (Å²) < 4.78 is 5.25. The summed E-state index contributed by atoms with van der Waals surface area (Å²) in [6.07, 6.45) is 2.39. The lowest BCUT2D eigenvalue weighted by Crippen LogP contribution is -2.32. The molecule has 0 atom stereocenters. The Morgan fingerprint density at radius 1 is 1.42 bits per heavy atom. The molecule has 2 rings (SSSR count). The third-order valence-corrected chi connectivity index (χ3v) is 3.33. The van der Waals surface area contributed by atoms with Crippen molar-refractivity contribution in [2.45, 2.75) is 12.8 Å². The molecule has 0 unspecified atom stereocenters. The van der Waals surface area contributed by atoms with E-state index in [1.807, 2.05) is 0 Å². The smallest absolute Gasteiger partial charge is 0.255 e. The molecule has 0 saturated carbocycles. The van der Waals surface area contributed by atoms with Crippen LogP contribution >= 0.6 is 0 Å². The summed E-state index contributed by atoms with van der Waals surface area (Å²) in [4.78, 5) is 22.7. The average Bonchev–Trinajstić information content (AvgIpc) is 2.46. The van der Waals surface area contributed by atoms with E-state index in [1.54, 1.807) is 6.07 Å². The summed E-state index contributed by atoms with van der Waals surface area (Å²) in [7, 11) is 0. The maximum atomic E-state index is 12.0. The van der Waals surface area contributed by atoms with Gasteiger partial charge in [-0.1, -0.05) is 6.07 Å². The molecule has 19 heavy (non-hydrogen) atoms. The second-order valence-electron chi connectivity index (χ2n) is 4.63. The molecular formula is C14H17NO4. The number of aldehydes is 1. The van der Waals surface area contributed by atoms with Crippen LogP contribution < -0.4 is 5.32 Å². The molecule has 1 aromatic rings. The number of carbonyl (C=O) groups excluding carboxylic acids is 2. The van der Waals surface area contributed by atoms with Crippen LogP contribution in [0.5, 0.6) is 5.75 Å². The number of aromatic hydroxyl groups is 1. The van der Waals surface area contributed by atoms with Crippen molar-refractivity contribution >= 4 is 12.2 Å². The van der Waals surface area contributed by atoms with Crippen LogP contribution in [0.25, 0.3) is 0 Å². The van der Waals surface area contributed by atoms with Gasteiger partial charge in [-0.2, -0.15) is 0 Å². The lowest BCUT2D eigenvalue weighted by Gasteiger charge is -2.22. The van der Waals surface area contributed by atoms with Gasteiger partial charge in [0.2, 0.25) is 0 Å². The Hall–Kier alpha value is -1.88. The van der Waals surface area contributed by atoms with Crippen LogP contribution in [0.2, 0.25) is 0 Å². The van der Waals surface area contributed by atoms with E-state index in [1.165, 1.54) is 12.1 Å². The minimum Gasteiger partial charge on any atom is -0.506 e. The molecule has 0 bridgehead atoms. The maximum Gasteiger partial charge on any atom is 0.255 e. The molecular weight excluding hydrogens is 246 g/mol. The van der Waals surface area contributed by atoms with Gasteiger partial charge in [0, 0.05) is 19.8 Å². The van der Waals surface area contributed by atoms with Crippen molar-refractivity contribution in [1.82, 2.24) is 5.32 Å². The zero-order valence-electron chi connectivity index (χ0n) is 10.6. The van der Waals surface area contributed by atoms with Gasteiger partial charge in [0.05, 0.1) is 11.1 Å². The number of phenolic OH excluding ortho intramolecular Hbond substituents is 1. The number of rotatable bonds is 4. The number of benzene rings is 1. The van der Waals surface area contributed by atoms with Crippen LogP contribution in [-0.2, 0) is 4.74 Å². The highest BCUT2D eigenvalue weighted by Gasteiger charge is 2.17. The highest BCUT2D eigenvalue weighted by Crippen LogP contribution is 2.21. The number of hydrogen-bond donors (Lipinski definition) is 2. The predicted octanol–water partition coefficient (Wildman–Crippen LogP) is 1.36. The van der Waals surface area contributed by atoms with Crippen molar-refractivity contribution in [3.8, 4) is 5.75 Å². The summed E-state index contributed by atoms with van der Waals surface area (Å²) in [5, 5.41) is 12.6. The van der Waals surface area contributed by atoms with Gasteiger partial charge in [0.25, 0.3) is 5.91 Å². The molecule has 1 aliphatic heterocycles. The number of phenols is 1. The van der Waals surface area contributed by atoms with Gasteiger partial charge in [0.15, 0.2) is 6.29 Å². The van der Waals surface area contributed by atoms with Gasteiger partial charge < -0.3 is 15.2 Å². The fraction of sp³-hybridized carbons (Fsp3) is 0.429. The highest BCUT2D eigenvalue weighted by atomic mass is 16.5. The zero-order chi connectivity index (χ0) is 13.7. The molecule has 1 heterocycles. The molecule has 0 aliphatic carbocycles. The van der Waals surface area contributed by atoms with Crippen molar-refractivity contribution in [3.63, 3.8) is 0 Å². The number of ether oxygens (including phenoxy) is 1. The Bertz CT molecular complexity index is 467.